The zero-order valence-electron chi connectivity index (χ0n) is 50.7. The third kappa shape index (κ3) is 22.0. The molecule has 1 unspecified atom stereocenters. The minimum Gasteiger partial charge on any atom is -0.461 e. The van der Waals surface area contributed by atoms with Crippen molar-refractivity contribution in [1.29, 1.82) is 0 Å². The van der Waals surface area contributed by atoms with Gasteiger partial charge in [-0.2, -0.15) is 0 Å². The number of amides is 8. The SMILES string of the molecule is CC.CCC(=O)OCc1ccc(NC(=O)CNC(=O)C(NC(=O)CCCC(=O)N(C)CCC(C)(C)OCCC(C)(C)C(=O)NCCC(=O)N2Cc3ccccc3-c3c(nnn3C(C)C)-c3ccccc32)C(C)C)cc1.CCCNC(N)=O. The molecular weight excluding hydrogens is 1050 g/mol. The van der Waals surface area contributed by atoms with Crippen LogP contribution in [0.1, 0.15) is 152 Å². The van der Waals surface area contributed by atoms with Gasteiger partial charge in [0.05, 0.1) is 30.1 Å². The fourth-order valence-electron chi connectivity index (χ4n) is 8.40. The molecule has 0 radical (unpaired) electrons. The van der Waals surface area contributed by atoms with Crippen molar-refractivity contribution in [3.63, 3.8) is 0 Å². The standard InChI is InChI=1S/C55H75N9O9.C4H10N2O.C2H6/c1-11-48(69)72-35-38-23-25-40(26-24-38)58-45(66)33-57-52(70)49(36(2)3)59-44(65)21-16-22-46(67)62(10)31-28-55(8,9)73-32-29-54(6,7)53(71)56-30-27-47(68)63-34-39-17-12-13-18-41(39)51-50(60-61-64(51)37(4)5)42-19-14-15-20-43(42)63;1-2-3-6-4(5)7;1-2/h12-15,17-20,23-26,36-37,49H,11,16,21-22,27-35H2,1-10H3,(H,56,71)(H,57,70)(H,58,66)(H,59,65);2-3H2,1H3,(H3,5,6,7);1-2H3. The van der Waals surface area contributed by atoms with E-state index in [9.17, 15) is 38.4 Å². The second-order valence-electron chi connectivity index (χ2n) is 21.7. The lowest BCUT2D eigenvalue weighted by molar-refractivity contribution is -0.144. The van der Waals surface area contributed by atoms with Crippen LogP contribution in [0.5, 0.6) is 0 Å². The number of nitrogens with one attached hydrogen (secondary N) is 5. The maximum atomic E-state index is 14.0. The van der Waals surface area contributed by atoms with Crippen LogP contribution in [0.15, 0.2) is 72.8 Å². The molecule has 21 heteroatoms. The molecule has 1 aromatic heterocycles. The van der Waals surface area contributed by atoms with Crippen molar-refractivity contribution in [3.05, 3.63) is 83.9 Å². The van der Waals surface area contributed by atoms with E-state index in [-0.39, 0.29) is 93.4 Å². The number of ether oxygens (including phenoxy) is 2. The van der Waals surface area contributed by atoms with Gasteiger partial charge in [0.15, 0.2) is 0 Å². The van der Waals surface area contributed by atoms with E-state index in [4.69, 9.17) is 15.2 Å². The van der Waals surface area contributed by atoms with Gasteiger partial charge in [0, 0.05) is 87.2 Å². The maximum absolute atomic E-state index is 14.0. The molecule has 8 amide bonds. The number of benzene rings is 3. The molecule has 0 fully saturated rings. The highest BCUT2D eigenvalue weighted by molar-refractivity contribution is 6.00. The summed E-state index contributed by atoms with van der Waals surface area (Å²) < 4.78 is 13.3. The molecule has 1 atom stereocenters. The molecule has 0 spiro atoms. The summed E-state index contributed by atoms with van der Waals surface area (Å²) in [5.41, 5.74) is 9.73. The smallest absolute Gasteiger partial charge is 0.312 e. The normalized spacial score (nSPS) is 12.0. The summed E-state index contributed by atoms with van der Waals surface area (Å²) in [4.78, 5) is 104. The van der Waals surface area contributed by atoms with Gasteiger partial charge in [0.1, 0.15) is 18.3 Å². The average Bonchev–Trinajstić information content (AvgIpc) is 4.11. The number of rotatable bonds is 27. The van der Waals surface area contributed by atoms with Crippen LogP contribution in [0, 0.1) is 11.3 Å². The van der Waals surface area contributed by atoms with Gasteiger partial charge in [-0.3, -0.25) is 33.6 Å². The molecule has 7 N–H and O–H groups in total. The summed E-state index contributed by atoms with van der Waals surface area (Å²) in [5.74, 6) is -2.37. The van der Waals surface area contributed by atoms with Crippen molar-refractivity contribution in [2.75, 3.05) is 50.1 Å². The highest BCUT2D eigenvalue weighted by atomic mass is 16.5. The van der Waals surface area contributed by atoms with E-state index in [1.54, 1.807) is 61.9 Å². The number of carbonyl (C=O) groups excluding carboxylic acids is 8. The fraction of sp³-hybridized carbons (Fsp3) is 0.541. The number of urea groups is 1. The van der Waals surface area contributed by atoms with Gasteiger partial charge in [-0.1, -0.05) is 115 Å². The Hall–Kier alpha value is -7.68. The zero-order chi connectivity index (χ0) is 61.2. The minimum atomic E-state index is -0.884. The maximum Gasteiger partial charge on any atom is 0.312 e. The van der Waals surface area contributed by atoms with Crippen LogP contribution >= 0.6 is 0 Å². The number of nitrogens with two attached hydrogens (primary N) is 1. The van der Waals surface area contributed by atoms with Crippen LogP contribution < -0.4 is 37.2 Å². The Balaban J connectivity index is 0.00000182. The minimum absolute atomic E-state index is 0.0332. The molecule has 5 rings (SSSR count). The van der Waals surface area contributed by atoms with E-state index in [1.807, 2.05) is 102 Å². The number of hydrogen-bond donors (Lipinski definition) is 6. The second kappa shape index (κ2) is 33.9. The van der Waals surface area contributed by atoms with Crippen molar-refractivity contribution in [2.24, 2.45) is 17.1 Å². The summed E-state index contributed by atoms with van der Waals surface area (Å²) in [6.07, 6.45) is 2.70. The lowest BCUT2D eigenvalue weighted by atomic mass is 9.88. The number of para-hydroxylation sites is 1. The van der Waals surface area contributed by atoms with Gasteiger partial charge < -0.3 is 51.6 Å². The number of aromatic nitrogens is 3. The highest BCUT2D eigenvalue weighted by Gasteiger charge is 2.32. The Morgan fingerprint density at radius 3 is 2.06 bits per heavy atom. The first-order valence-corrected chi connectivity index (χ1v) is 28.6. The van der Waals surface area contributed by atoms with Crippen molar-refractivity contribution in [1.82, 2.24) is 41.2 Å². The topological polar surface area (TPSA) is 278 Å². The molecule has 450 valence electrons. The molecule has 1 aliphatic rings. The van der Waals surface area contributed by atoms with E-state index in [0.29, 0.717) is 50.5 Å². The lowest BCUT2D eigenvalue weighted by Crippen LogP contribution is -2.51. The molecule has 3 aromatic carbocycles. The Kier molecular flexibility index (Phi) is 28.4. The summed E-state index contributed by atoms with van der Waals surface area (Å²) >= 11 is 0. The van der Waals surface area contributed by atoms with E-state index in [2.05, 4.69) is 50.7 Å². The first kappa shape index (κ1) is 68.6. The van der Waals surface area contributed by atoms with Gasteiger partial charge in [0.2, 0.25) is 35.4 Å². The van der Waals surface area contributed by atoms with Gasteiger partial charge in [-0.15, -0.1) is 5.10 Å². The summed E-state index contributed by atoms with van der Waals surface area (Å²) in [5, 5.41) is 22.5. The van der Waals surface area contributed by atoms with Crippen molar-refractivity contribution in [3.8, 4) is 22.5 Å². The Morgan fingerprint density at radius 2 is 1.44 bits per heavy atom. The van der Waals surface area contributed by atoms with Crippen LogP contribution in [-0.4, -0.2) is 119 Å². The number of primary amides is 1. The van der Waals surface area contributed by atoms with Crippen LogP contribution in [0.2, 0.25) is 0 Å². The second-order valence-corrected chi connectivity index (χ2v) is 21.7. The quantitative estimate of drug-likeness (QED) is 0.0308. The zero-order valence-corrected chi connectivity index (χ0v) is 50.7. The van der Waals surface area contributed by atoms with Gasteiger partial charge >= 0.3 is 12.0 Å². The molecule has 0 aliphatic carbocycles. The third-order valence-corrected chi connectivity index (χ3v) is 13.4. The monoisotopic (exact) mass is 1140 g/mol. The van der Waals surface area contributed by atoms with Crippen LogP contribution in [0.25, 0.3) is 22.5 Å². The van der Waals surface area contributed by atoms with E-state index in [0.717, 1.165) is 40.1 Å². The molecule has 21 nitrogen and oxygen atoms in total. The Bertz CT molecular complexity index is 2740. The van der Waals surface area contributed by atoms with Gasteiger partial charge in [-0.05, 0) is 88.6 Å². The first-order chi connectivity index (χ1) is 38.9. The molecule has 2 heterocycles. The van der Waals surface area contributed by atoms with Crippen LogP contribution in [-0.2, 0) is 56.2 Å². The van der Waals surface area contributed by atoms with Crippen molar-refractivity contribution < 1.29 is 47.8 Å². The lowest BCUT2D eigenvalue weighted by Gasteiger charge is -2.31. The first-order valence-electron chi connectivity index (χ1n) is 28.6. The number of anilines is 2. The number of fused-ring (bicyclic) bond motifs is 5. The molecule has 0 saturated heterocycles. The number of hydrogen-bond acceptors (Lipinski definition) is 12. The van der Waals surface area contributed by atoms with Crippen LogP contribution in [0.3, 0.4) is 0 Å². The highest BCUT2D eigenvalue weighted by Crippen LogP contribution is 2.42. The predicted molar refractivity (Wildman–Crippen MR) is 319 cm³/mol. The Morgan fingerprint density at radius 1 is 0.780 bits per heavy atom. The molecule has 0 bridgehead atoms. The average molecular weight is 1140 g/mol. The summed E-state index contributed by atoms with van der Waals surface area (Å²) in [6.45, 7) is 24.7. The van der Waals surface area contributed by atoms with Gasteiger partial charge in [-0.25, -0.2) is 9.48 Å². The number of nitrogens with zero attached hydrogens (tertiary/aromatic N) is 5. The van der Waals surface area contributed by atoms with Gasteiger partial charge in [0.25, 0.3) is 0 Å². The van der Waals surface area contributed by atoms with E-state index in [1.165, 1.54) is 0 Å². The molecule has 82 heavy (non-hydrogen) atoms. The number of carbonyl (C=O) groups is 8. The van der Waals surface area contributed by atoms with Crippen molar-refractivity contribution >= 4 is 58.8 Å². The third-order valence-electron chi connectivity index (χ3n) is 13.4. The molecule has 1 aliphatic heterocycles. The molecule has 0 saturated carbocycles. The van der Waals surface area contributed by atoms with Crippen LogP contribution in [0.4, 0.5) is 16.2 Å². The largest absolute Gasteiger partial charge is 0.461 e. The molecule has 4 aromatic rings. The van der Waals surface area contributed by atoms with E-state index < -0.39 is 34.9 Å². The fourth-order valence-corrected chi connectivity index (χ4v) is 8.40. The number of esters is 1. The summed E-state index contributed by atoms with van der Waals surface area (Å²) in [6, 6.07) is 21.3. The van der Waals surface area contributed by atoms with Crippen molar-refractivity contribution in [2.45, 2.75) is 165 Å². The predicted octanol–water partition coefficient (Wildman–Crippen LogP) is 8.22. The Labute approximate surface area is 484 Å². The molecular formula is C61H91N11O10. The summed E-state index contributed by atoms with van der Waals surface area (Å²) in [7, 11) is 1.70. The van der Waals surface area contributed by atoms with E-state index >= 15 is 0 Å².